The minimum atomic E-state index is -0.285. The highest BCUT2D eigenvalue weighted by molar-refractivity contribution is 5.95. The summed E-state index contributed by atoms with van der Waals surface area (Å²) >= 11 is 0. The van der Waals surface area contributed by atoms with Crippen LogP contribution >= 0.6 is 0 Å². The zero-order valence-corrected chi connectivity index (χ0v) is 19.2. The highest BCUT2D eigenvalue weighted by atomic mass is 19.1. The molecule has 2 amide bonds. The molecule has 3 aliphatic rings. The summed E-state index contributed by atoms with van der Waals surface area (Å²) in [6.45, 7) is 3.01. The van der Waals surface area contributed by atoms with E-state index < -0.39 is 0 Å². The number of carbonyl (C=O) groups excluding carboxylic acids is 2. The first-order valence-electron chi connectivity index (χ1n) is 12.0. The van der Waals surface area contributed by atoms with Crippen molar-refractivity contribution in [3.63, 3.8) is 0 Å². The molecule has 2 aliphatic heterocycles. The Labute approximate surface area is 198 Å². The summed E-state index contributed by atoms with van der Waals surface area (Å²) in [7, 11) is 0. The molecular weight excluding hydrogens is 437 g/mol. The Morgan fingerprint density at radius 1 is 0.971 bits per heavy atom. The topological polar surface area (TPSA) is 71.1 Å². The van der Waals surface area contributed by atoms with E-state index in [1.807, 2.05) is 4.90 Å². The van der Waals surface area contributed by atoms with E-state index in [0.717, 1.165) is 31.2 Å². The molecule has 1 saturated carbocycles. The fraction of sp³-hybridized carbons (Fsp3) is 0.462. The van der Waals surface area contributed by atoms with E-state index in [4.69, 9.17) is 9.47 Å². The van der Waals surface area contributed by atoms with E-state index in [2.05, 4.69) is 10.2 Å². The standard InChI is InChI=1S/C26H30FN3O4/c27-21-8-5-18(6-9-21)16-28-25(31)24(19-3-1-2-4-19)29-11-13-30(14-12-29)26(32)20-7-10-22-23(15-20)34-17-33-22/h5-10,15,19,24H,1-4,11-14,16-17H2,(H,28,31)/t24-/m0/s1. The predicted octanol–water partition coefficient (Wildman–Crippen LogP) is 3.19. The lowest BCUT2D eigenvalue weighted by Crippen LogP contribution is -2.57. The maximum atomic E-state index is 13.3. The Kier molecular flexibility index (Phi) is 6.67. The largest absolute Gasteiger partial charge is 0.454 e. The minimum Gasteiger partial charge on any atom is -0.454 e. The summed E-state index contributed by atoms with van der Waals surface area (Å²) < 4.78 is 23.9. The molecule has 7 nitrogen and oxygen atoms in total. The summed E-state index contributed by atoms with van der Waals surface area (Å²) in [6, 6.07) is 11.3. The van der Waals surface area contributed by atoms with Crippen LogP contribution in [0.2, 0.25) is 0 Å². The summed E-state index contributed by atoms with van der Waals surface area (Å²) in [5.74, 6) is 1.29. The van der Waals surface area contributed by atoms with Gasteiger partial charge in [0.05, 0.1) is 6.04 Å². The van der Waals surface area contributed by atoms with Crippen molar-refractivity contribution in [3.8, 4) is 11.5 Å². The summed E-state index contributed by atoms with van der Waals surface area (Å²) in [5.41, 5.74) is 1.46. The number of rotatable bonds is 6. The van der Waals surface area contributed by atoms with E-state index in [1.165, 1.54) is 12.1 Å². The average molecular weight is 468 g/mol. The second kappa shape index (κ2) is 10.0. The Morgan fingerprint density at radius 2 is 1.68 bits per heavy atom. The first-order chi connectivity index (χ1) is 16.6. The minimum absolute atomic E-state index is 0.0202. The van der Waals surface area contributed by atoms with Gasteiger partial charge >= 0.3 is 0 Å². The van der Waals surface area contributed by atoms with Crippen molar-refractivity contribution in [1.82, 2.24) is 15.1 Å². The van der Waals surface area contributed by atoms with Gasteiger partial charge in [0.2, 0.25) is 12.7 Å². The molecule has 1 atom stereocenters. The molecule has 8 heteroatoms. The third-order valence-corrected chi connectivity index (χ3v) is 7.11. The number of carbonyl (C=O) groups is 2. The molecule has 0 unspecified atom stereocenters. The van der Waals surface area contributed by atoms with E-state index in [1.54, 1.807) is 30.3 Å². The van der Waals surface area contributed by atoms with Gasteiger partial charge in [-0.1, -0.05) is 25.0 Å². The van der Waals surface area contributed by atoms with Crippen LogP contribution in [-0.4, -0.2) is 60.6 Å². The molecule has 0 bridgehead atoms. The highest BCUT2D eigenvalue weighted by Crippen LogP contribution is 2.33. The van der Waals surface area contributed by atoms with Crippen LogP contribution < -0.4 is 14.8 Å². The van der Waals surface area contributed by atoms with E-state index >= 15 is 0 Å². The summed E-state index contributed by atoms with van der Waals surface area (Å²) in [5, 5.41) is 3.07. The van der Waals surface area contributed by atoms with E-state index in [0.29, 0.717) is 55.7 Å². The van der Waals surface area contributed by atoms with Crippen molar-refractivity contribution in [1.29, 1.82) is 0 Å². The number of hydrogen-bond donors (Lipinski definition) is 1. The number of benzene rings is 2. The third-order valence-electron chi connectivity index (χ3n) is 7.11. The number of hydrogen-bond acceptors (Lipinski definition) is 5. The Morgan fingerprint density at radius 3 is 2.41 bits per heavy atom. The van der Waals surface area contributed by atoms with Crippen LogP contribution in [0.1, 0.15) is 41.6 Å². The van der Waals surface area contributed by atoms with Crippen LogP contribution in [-0.2, 0) is 11.3 Å². The molecule has 0 aromatic heterocycles. The number of ether oxygens (including phenoxy) is 2. The van der Waals surface area contributed by atoms with Gasteiger partial charge in [-0.2, -0.15) is 0 Å². The maximum absolute atomic E-state index is 13.3. The molecule has 2 aromatic carbocycles. The van der Waals surface area contributed by atoms with Gasteiger partial charge in [-0.3, -0.25) is 14.5 Å². The summed E-state index contributed by atoms with van der Waals surface area (Å²) in [6.07, 6.45) is 4.39. The van der Waals surface area contributed by atoms with Crippen LogP contribution in [0, 0.1) is 11.7 Å². The van der Waals surface area contributed by atoms with E-state index in [9.17, 15) is 14.0 Å². The zero-order valence-electron chi connectivity index (χ0n) is 19.2. The Hall–Kier alpha value is -3.13. The molecule has 2 aromatic rings. The van der Waals surface area contributed by atoms with Crippen molar-refractivity contribution in [2.75, 3.05) is 33.0 Å². The van der Waals surface area contributed by atoms with Crippen molar-refractivity contribution in [2.45, 2.75) is 38.3 Å². The van der Waals surface area contributed by atoms with Gasteiger partial charge in [0, 0.05) is 38.3 Å². The highest BCUT2D eigenvalue weighted by Gasteiger charge is 2.37. The number of nitrogens with one attached hydrogen (secondary N) is 1. The van der Waals surface area contributed by atoms with Gasteiger partial charge in [0.15, 0.2) is 11.5 Å². The second-order valence-corrected chi connectivity index (χ2v) is 9.23. The molecule has 5 rings (SSSR count). The lowest BCUT2D eigenvalue weighted by molar-refractivity contribution is -0.129. The van der Waals surface area contributed by atoms with Crippen LogP contribution in [0.15, 0.2) is 42.5 Å². The average Bonchev–Trinajstić information content (AvgIpc) is 3.56. The third kappa shape index (κ3) is 4.87. The van der Waals surface area contributed by atoms with Crippen LogP contribution in [0.3, 0.4) is 0 Å². The molecule has 1 aliphatic carbocycles. The fourth-order valence-electron chi connectivity index (χ4n) is 5.26. The number of nitrogens with zero attached hydrogens (tertiary/aromatic N) is 2. The van der Waals surface area contributed by atoms with Crippen LogP contribution in [0.4, 0.5) is 4.39 Å². The molecule has 2 heterocycles. The lowest BCUT2D eigenvalue weighted by atomic mass is 9.94. The molecule has 2 fully saturated rings. The van der Waals surface area contributed by atoms with Crippen LogP contribution in [0.25, 0.3) is 0 Å². The first-order valence-corrected chi connectivity index (χ1v) is 12.0. The predicted molar refractivity (Wildman–Crippen MR) is 124 cm³/mol. The molecule has 34 heavy (non-hydrogen) atoms. The SMILES string of the molecule is O=C(NCc1ccc(F)cc1)[C@H](C1CCCC1)N1CCN(C(=O)c2ccc3c(c2)OCO3)CC1. The van der Waals surface area contributed by atoms with Gasteiger partial charge in [-0.15, -0.1) is 0 Å². The normalized spacial score (nSPS) is 19.3. The van der Waals surface area contributed by atoms with Gasteiger partial charge < -0.3 is 19.7 Å². The maximum Gasteiger partial charge on any atom is 0.254 e. The van der Waals surface area contributed by atoms with Crippen LogP contribution in [0.5, 0.6) is 11.5 Å². The molecule has 0 spiro atoms. The molecular formula is C26H30FN3O4. The second-order valence-electron chi connectivity index (χ2n) is 9.23. The number of amides is 2. The monoisotopic (exact) mass is 467 g/mol. The fourth-order valence-corrected chi connectivity index (χ4v) is 5.26. The van der Waals surface area contributed by atoms with Gasteiger partial charge in [-0.05, 0) is 54.7 Å². The van der Waals surface area contributed by atoms with Crippen molar-refractivity contribution < 1.29 is 23.5 Å². The smallest absolute Gasteiger partial charge is 0.254 e. The van der Waals surface area contributed by atoms with Gasteiger partial charge in [0.1, 0.15) is 5.82 Å². The van der Waals surface area contributed by atoms with Gasteiger partial charge in [-0.25, -0.2) is 4.39 Å². The molecule has 1 saturated heterocycles. The van der Waals surface area contributed by atoms with Crippen molar-refractivity contribution >= 4 is 11.8 Å². The zero-order chi connectivity index (χ0) is 23.5. The number of fused-ring (bicyclic) bond motifs is 1. The van der Waals surface area contributed by atoms with Crippen molar-refractivity contribution in [3.05, 3.63) is 59.4 Å². The number of halogens is 1. The first kappa shape index (κ1) is 22.7. The van der Waals surface area contributed by atoms with E-state index in [-0.39, 0.29) is 30.5 Å². The molecule has 1 N–H and O–H groups in total. The molecule has 0 radical (unpaired) electrons. The Balaban J connectivity index is 1.21. The Bertz CT molecular complexity index is 1030. The van der Waals surface area contributed by atoms with Gasteiger partial charge in [0.25, 0.3) is 5.91 Å². The molecule has 180 valence electrons. The van der Waals surface area contributed by atoms with Crippen molar-refractivity contribution in [2.24, 2.45) is 5.92 Å². The summed E-state index contributed by atoms with van der Waals surface area (Å²) in [4.78, 5) is 30.4. The quantitative estimate of drug-likeness (QED) is 0.707. The lowest BCUT2D eigenvalue weighted by Gasteiger charge is -2.40. The number of piperazine rings is 1.